The quantitative estimate of drug-likeness (QED) is 0.278. The number of rotatable bonds is 7. The Morgan fingerprint density at radius 3 is 2.61 bits per heavy atom. The number of nitrogens with zero attached hydrogens (tertiary/aromatic N) is 2. The van der Waals surface area contributed by atoms with Gasteiger partial charge in [0, 0.05) is 32.1 Å². The van der Waals surface area contributed by atoms with Crippen LogP contribution in [0, 0.1) is 0 Å². The molecule has 44 heavy (non-hydrogen) atoms. The molecule has 230 valence electrons. The van der Waals surface area contributed by atoms with E-state index in [4.69, 9.17) is 32.7 Å². The van der Waals surface area contributed by atoms with Crippen molar-refractivity contribution in [2.45, 2.75) is 74.7 Å². The van der Waals surface area contributed by atoms with Gasteiger partial charge in [0.25, 0.3) is 0 Å². The van der Waals surface area contributed by atoms with E-state index >= 15 is 0 Å². The van der Waals surface area contributed by atoms with Crippen LogP contribution < -0.4 is 9.47 Å². The van der Waals surface area contributed by atoms with Gasteiger partial charge >= 0.3 is 5.97 Å². The van der Waals surface area contributed by atoms with Crippen molar-refractivity contribution in [3.8, 4) is 11.5 Å². The van der Waals surface area contributed by atoms with Gasteiger partial charge in [-0.25, -0.2) is 0 Å². The van der Waals surface area contributed by atoms with E-state index in [1.165, 1.54) is 12.5 Å². The number of esters is 1. The lowest BCUT2D eigenvalue weighted by Gasteiger charge is -2.64. The first-order valence-electron chi connectivity index (χ1n) is 15.3. The molecule has 1 saturated carbocycles. The zero-order chi connectivity index (χ0) is 30.8. The molecule has 1 saturated heterocycles. The maximum Gasteiger partial charge on any atom is 0.308 e. The van der Waals surface area contributed by atoms with E-state index in [0.29, 0.717) is 47.2 Å². The molecule has 1 N–H and O–H groups in total. The molecule has 3 aromatic rings. The Kier molecular flexibility index (Phi) is 7.44. The normalized spacial score (nSPS) is 28.2. The average Bonchev–Trinajstić information content (AvgIpc) is 3.35. The van der Waals surface area contributed by atoms with Crippen molar-refractivity contribution < 1.29 is 24.2 Å². The fraction of sp³-hybridized carbons (Fsp3) is 0.429. The van der Waals surface area contributed by atoms with Gasteiger partial charge in [-0.3, -0.25) is 14.5 Å². The molecule has 1 spiro atoms. The number of carbonyl (C=O) groups excluding carboxylic acids is 2. The molecule has 2 heterocycles. The van der Waals surface area contributed by atoms with Crippen molar-refractivity contribution in [3.63, 3.8) is 0 Å². The Bertz CT molecular complexity index is 1630. The van der Waals surface area contributed by atoms with Crippen LogP contribution in [-0.2, 0) is 34.3 Å². The van der Waals surface area contributed by atoms with Gasteiger partial charge in [-0.05, 0) is 73.5 Å². The maximum atomic E-state index is 13.7. The molecule has 7 nitrogen and oxygen atoms in total. The molecule has 2 fully saturated rings. The summed E-state index contributed by atoms with van der Waals surface area (Å²) in [6.07, 6.45) is 3.05. The van der Waals surface area contributed by atoms with Crippen LogP contribution in [0.1, 0.15) is 48.4 Å². The number of benzene rings is 3. The third kappa shape index (κ3) is 4.54. The molecule has 2 aliphatic heterocycles. The molecule has 2 bridgehead atoms. The van der Waals surface area contributed by atoms with Gasteiger partial charge in [0.15, 0.2) is 11.5 Å². The van der Waals surface area contributed by atoms with Crippen molar-refractivity contribution in [3.05, 3.63) is 93.0 Å². The second-order valence-electron chi connectivity index (χ2n) is 12.7. The highest BCUT2D eigenvalue weighted by atomic mass is 35.5. The fourth-order valence-electron chi connectivity index (χ4n) is 8.55. The first kappa shape index (κ1) is 29.6. The molecule has 0 aromatic heterocycles. The van der Waals surface area contributed by atoms with Crippen molar-refractivity contribution in [2.24, 2.45) is 0 Å². The number of ether oxygens (including phenoxy) is 2. The van der Waals surface area contributed by atoms with Gasteiger partial charge in [0.1, 0.15) is 6.10 Å². The molecule has 0 radical (unpaired) electrons. The van der Waals surface area contributed by atoms with Gasteiger partial charge < -0.3 is 19.5 Å². The van der Waals surface area contributed by atoms with E-state index in [1.54, 1.807) is 17.0 Å². The number of halogens is 2. The molecular formula is C35H36Cl2N2O5. The van der Waals surface area contributed by atoms with Gasteiger partial charge in [0.2, 0.25) is 5.91 Å². The Hall–Kier alpha value is -3.10. The topological polar surface area (TPSA) is 79.3 Å². The molecule has 7 rings (SSSR count). The van der Waals surface area contributed by atoms with E-state index < -0.39 is 23.1 Å². The van der Waals surface area contributed by atoms with Crippen LogP contribution >= 0.6 is 23.2 Å². The van der Waals surface area contributed by atoms with E-state index in [9.17, 15) is 14.7 Å². The Morgan fingerprint density at radius 1 is 1.07 bits per heavy atom. The summed E-state index contributed by atoms with van der Waals surface area (Å²) in [7, 11) is 1.82. The van der Waals surface area contributed by atoms with Crippen LogP contribution in [0.25, 0.3) is 0 Å². The summed E-state index contributed by atoms with van der Waals surface area (Å²) in [5.74, 6) is 0.413. The fourth-order valence-corrected chi connectivity index (χ4v) is 8.87. The van der Waals surface area contributed by atoms with Crippen LogP contribution in [0.3, 0.4) is 0 Å². The average molecular weight is 636 g/mol. The molecule has 2 aliphatic carbocycles. The van der Waals surface area contributed by atoms with Crippen LogP contribution in [0.4, 0.5) is 0 Å². The van der Waals surface area contributed by atoms with Crippen molar-refractivity contribution in [1.29, 1.82) is 0 Å². The molecular weight excluding hydrogens is 599 g/mol. The highest BCUT2D eigenvalue weighted by Gasteiger charge is 2.73. The number of likely N-dealkylation sites (tertiary alicyclic amines) is 1. The summed E-state index contributed by atoms with van der Waals surface area (Å²) in [5, 5.41) is 13.8. The Morgan fingerprint density at radius 2 is 1.86 bits per heavy atom. The predicted molar refractivity (Wildman–Crippen MR) is 169 cm³/mol. The monoisotopic (exact) mass is 634 g/mol. The Labute approximate surface area is 267 Å². The lowest BCUT2D eigenvalue weighted by atomic mass is 9.48. The number of piperidine rings is 1. The van der Waals surface area contributed by atoms with E-state index in [0.717, 1.165) is 36.2 Å². The minimum Gasteiger partial charge on any atom is -0.483 e. The van der Waals surface area contributed by atoms with Gasteiger partial charge in [-0.1, -0.05) is 65.7 Å². The second-order valence-corrected chi connectivity index (χ2v) is 13.5. The SMILES string of the molecule is CC(=O)Oc1ccc2c3c1O[C@H]1[C@@H](N(C)C(=O)Cc4ccc(Cl)c(Cl)c4)CC[C@@]4(O)[C@@H](C2)N(CCc2ccccc2)CC[C@]314. The van der Waals surface area contributed by atoms with E-state index in [1.807, 2.05) is 31.3 Å². The molecule has 5 atom stereocenters. The third-order valence-electron chi connectivity index (χ3n) is 10.5. The van der Waals surface area contributed by atoms with Crippen LogP contribution in [0.5, 0.6) is 11.5 Å². The van der Waals surface area contributed by atoms with Crippen molar-refractivity contribution in [1.82, 2.24) is 9.80 Å². The zero-order valence-electron chi connectivity index (χ0n) is 24.9. The number of likely N-dealkylation sites (N-methyl/N-ethyl adjacent to an activating group) is 1. The predicted octanol–water partition coefficient (Wildman–Crippen LogP) is 5.39. The highest BCUT2D eigenvalue weighted by molar-refractivity contribution is 6.42. The lowest BCUT2D eigenvalue weighted by molar-refractivity contribution is -0.200. The zero-order valence-corrected chi connectivity index (χ0v) is 26.4. The number of hydrogen-bond donors (Lipinski definition) is 1. The standard InChI is InChI=1S/C35H36Cl2N2O5/c1-21(40)43-28-11-9-24-20-29-35(42)14-12-27(38(2)30(41)19-23-8-10-25(36)26(37)18-23)33-34(35,31(24)32(28)44-33)15-17-39(29)16-13-22-6-4-3-5-7-22/h3-11,18,27,29,33,42H,12-17,19-20H2,1-2H3/t27-,29+,33-,34-,35+/m0/s1. The second kappa shape index (κ2) is 11.1. The van der Waals surface area contributed by atoms with Crippen LogP contribution in [0.2, 0.25) is 10.0 Å². The molecule has 9 heteroatoms. The smallest absolute Gasteiger partial charge is 0.308 e. The number of aliphatic hydroxyl groups is 1. The number of carbonyl (C=O) groups is 2. The molecule has 3 aromatic carbocycles. The largest absolute Gasteiger partial charge is 0.483 e. The van der Waals surface area contributed by atoms with Gasteiger partial charge in [-0.2, -0.15) is 0 Å². The first-order valence-corrected chi connectivity index (χ1v) is 16.1. The van der Waals surface area contributed by atoms with Gasteiger partial charge in [0.05, 0.1) is 33.5 Å². The van der Waals surface area contributed by atoms with Crippen molar-refractivity contribution in [2.75, 3.05) is 20.1 Å². The third-order valence-corrected chi connectivity index (χ3v) is 11.3. The Balaban J connectivity index is 1.24. The summed E-state index contributed by atoms with van der Waals surface area (Å²) < 4.78 is 12.5. The summed E-state index contributed by atoms with van der Waals surface area (Å²) in [5.41, 5.74) is 2.32. The minimum absolute atomic E-state index is 0.0668. The van der Waals surface area contributed by atoms with E-state index in [2.05, 4.69) is 29.2 Å². The van der Waals surface area contributed by atoms with E-state index in [-0.39, 0.29) is 24.4 Å². The van der Waals surface area contributed by atoms with Crippen LogP contribution in [0.15, 0.2) is 60.7 Å². The molecule has 0 unspecified atom stereocenters. The van der Waals surface area contributed by atoms with Crippen LogP contribution in [-0.4, -0.2) is 70.7 Å². The summed E-state index contributed by atoms with van der Waals surface area (Å²) >= 11 is 12.3. The highest BCUT2D eigenvalue weighted by Crippen LogP contribution is 2.66. The number of amides is 1. The van der Waals surface area contributed by atoms with Gasteiger partial charge in [-0.15, -0.1) is 0 Å². The summed E-state index contributed by atoms with van der Waals surface area (Å²) in [6.45, 7) is 3.02. The first-order chi connectivity index (χ1) is 21.1. The molecule has 4 aliphatic rings. The molecule has 1 amide bonds. The maximum absolute atomic E-state index is 13.7. The minimum atomic E-state index is -1.07. The lowest BCUT2D eigenvalue weighted by Crippen LogP contribution is -2.78. The summed E-state index contributed by atoms with van der Waals surface area (Å²) in [6, 6.07) is 19.2. The van der Waals surface area contributed by atoms with Crippen molar-refractivity contribution >= 4 is 35.1 Å². The number of hydrogen-bond acceptors (Lipinski definition) is 6. The summed E-state index contributed by atoms with van der Waals surface area (Å²) in [4.78, 5) is 30.0.